The molecule has 0 atom stereocenters. The predicted molar refractivity (Wildman–Crippen MR) is 97.1 cm³/mol. The van der Waals surface area contributed by atoms with Crippen molar-refractivity contribution >= 4 is 43.6 Å². The molecule has 10 nitrogen and oxygen atoms in total. The van der Waals surface area contributed by atoms with Gasteiger partial charge in [-0.15, -0.1) is 5.11 Å². The molecule has 3 aromatic carbocycles. The molecule has 0 unspecified atom stereocenters. The number of phenols is 1. The second-order valence-corrected chi connectivity index (χ2v) is 6.85. The van der Waals surface area contributed by atoms with E-state index in [-0.39, 0.29) is 27.8 Å². The zero-order chi connectivity index (χ0) is 19.8. The van der Waals surface area contributed by atoms with Gasteiger partial charge in [0.1, 0.15) is 10.6 Å². The first-order valence-electron chi connectivity index (χ1n) is 7.36. The molecular formula is C16H12N4O6S. The summed E-state index contributed by atoms with van der Waals surface area (Å²) in [6, 6.07) is 10.3. The molecule has 4 N–H and O–H groups in total. The van der Waals surface area contributed by atoms with Gasteiger partial charge in [-0.05, 0) is 30.3 Å². The molecule has 0 saturated heterocycles. The lowest BCUT2D eigenvalue weighted by Gasteiger charge is -2.09. The number of nitrogen functional groups attached to an aromatic ring is 1. The van der Waals surface area contributed by atoms with Gasteiger partial charge < -0.3 is 10.8 Å². The number of hydrogen-bond donors (Lipinski definition) is 3. The minimum Gasteiger partial charge on any atom is -0.505 e. The van der Waals surface area contributed by atoms with Crippen LogP contribution in [0.25, 0.3) is 10.8 Å². The van der Waals surface area contributed by atoms with Crippen molar-refractivity contribution in [2.24, 2.45) is 10.2 Å². The standard InChI is InChI=1S/C16H12N4O6S/c17-12-6-8-14(27(24,25)26)11-5-7-13(16(21)15(11)12)19-18-9-1-3-10(4-2-9)20(22)23/h1-8,21H,17H2,(H,24,25,26). The van der Waals surface area contributed by atoms with E-state index in [4.69, 9.17) is 5.73 Å². The lowest BCUT2D eigenvalue weighted by molar-refractivity contribution is -0.384. The lowest BCUT2D eigenvalue weighted by atomic mass is 10.1. The number of benzene rings is 3. The van der Waals surface area contributed by atoms with Crippen molar-refractivity contribution in [3.8, 4) is 5.75 Å². The highest BCUT2D eigenvalue weighted by atomic mass is 32.2. The summed E-state index contributed by atoms with van der Waals surface area (Å²) in [5.74, 6) is -0.416. The molecule has 0 heterocycles. The zero-order valence-electron chi connectivity index (χ0n) is 13.5. The Morgan fingerprint density at radius 2 is 1.67 bits per heavy atom. The van der Waals surface area contributed by atoms with Crippen molar-refractivity contribution < 1.29 is 23.0 Å². The Morgan fingerprint density at radius 1 is 1.00 bits per heavy atom. The molecule has 0 saturated carbocycles. The Balaban J connectivity index is 2.07. The number of rotatable bonds is 4. The summed E-state index contributed by atoms with van der Waals surface area (Å²) in [6.07, 6.45) is 0. The number of nitrogens with two attached hydrogens (primary N) is 1. The molecule has 138 valence electrons. The van der Waals surface area contributed by atoms with Crippen molar-refractivity contribution in [1.29, 1.82) is 0 Å². The van der Waals surface area contributed by atoms with E-state index in [1.54, 1.807) is 0 Å². The Bertz CT molecular complexity index is 1190. The average molecular weight is 388 g/mol. The van der Waals surface area contributed by atoms with Crippen molar-refractivity contribution in [2.75, 3.05) is 5.73 Å². The summed E-state index contributed by atoms with van der Waals surface area (Å²) in [5, 5.41) is 28.8. The molecule has 0 radical (unpaired) electrons. The van der Waals surface area contributed by atoms with Gasteiger partial charge >= 0.3 is 0 Å². The van der Waals surface area contributed by atoms with Crippen LogP contribution in [0.5, 0.6) is 5.75 Å². The van der Waals surface area contributed by atoms with Crippen LogP contribution >= 0.6 is 0 Å². The molecule has 0 bridgehead atoms. The van der Waals surface area contributed by atoms with E-state index in [0.717, 1.165) is 6.07 Å². The normalized spacial score (nSPS) is 11.9. The van der Waals surface area contributed by atoms with Gasteiger partial charge in [-0.1, -0.05) is 6.07 Å². The number of aromatic hydroxyl groups is 1. The monoisotopic (exact) mass is 388 g/mol. The molecule has 0 spiro atoms. The van der Waals surface area contributed by atoms with Crippen molar-refractivity contribution in [1.82, 2.24) is 0 Å². The molecule has 0 amide bonds. The van der Waals surface area contributed by atoms with Gasteiger partial charge in [0, 0.05) is 23.2 Å². The van der Waals surface area contributed by atoms with Crippen LogP contribution in [0.15, 0.2) is 63.7 Å². The predicted octanol–water partition coefficient (Wildman–Crippen LogP) is 3.70. The summed E-state index contributed by atoms with van der Waals surface area (Å²) in [7, 11) is -4.52. The number of nitro benzene ring substituents is 1. The van der Waals surface area contributed by atoms with E-state index < -0.39 is 25.7 Å². The number of phenolic OH excluding ortho intramolecular Hbond substituents is 1. The van der Waals surface area contributed by atoms with Gasteiger partial charge in [0.2, 0.25) is 0 Å². The van der Waals surface area contributed by atoms with Crippen LogP contribution in [0, 0.1) is 10.1 Å². The number of non-ortho nitro benzene ring substituents is 1. The molecule has 3 rings (SSSR count). The Hall–Kier alpha value is -3.57. The van der Waals surface area contributed by atoms with Crippen LogP contribution in [0.1, 0.15) is 0 Å². The van der Waals surface area contributed by atoms with Gasteiger partial charge in [0.25, 0.3) is 15.8 Å². The van der Waals surface area contributed by atoms with E-state index in [9.17, 15) is 28.2 Å². The van der Waals surface area contributed by atoms with Crippen LogP contribution < -0.4 is 5.73 Å². The number of fused-ring (bicyclic) bond motifs is 1. The number of anilines is 1. The minimum absolute atomic E-state index is 0.0000375. The van der Waals surface area contributed by atoms with Crippen LogP contribution in [0.2, 0.25) is 0 Å². The topological polar surface area (TPSA) is 168 Å². The number of hydrogen-bond acceptors (Lipinski definition) is 8. The quantitative estimate of drug-likeness (QED) is 0.201. The largest absolute Gasteiger partial charge is 0.505 e. The average Bonchev–Trinajstić information content (AvgIpc) is 2.60. The first-order valence-corrected chi connectivity index (χ1v) is 8.80. The SMILES string of the molecule is Nc1ccc(S(=O)(=O)O)c2ccc(N=Nc3ccc([N+](=O)[O-])cc3)c(O)c12. The third kappa shape index (κ3) is 3.54. The third-order valence-corrected chi connectivity index (χ3v) is 4.65. The smallest absolute Gasteiger partial charge is 0.295 e. The maximum absolute atomic E-state index is 11.5. The Morgan fingerprint density at radius 3 is 2.26 bits per heavy atom. The van der Waals surface area contributed by atoms with E-state index >= 15 is 0 Å². The van der Waals surface area contributed by atoms with Crippen molar-refractivity contribution in [3.63, 3.8) is 0 Å². The molecule has 11 heteroatoms. The van der Waals surface area contributed by atoms with Gasteiger partial charge in [0.05, 0.1) is 16.0 Å². The highest BCUT2D eigenvalue weighted by Gasteiger charge is 2.19. The van der Waals surface area contributed by atoms with Gasteiger partial charge in [-0.25, -0.2) is 0 Å². The molecule has 0 aliphatic rings. The second kappa shape index (κ2) is 6.63. The van der Waals surface area contributed by atoms with Crippen LogP contribution in [0.3, 0.4) is 0 Å². The van der Waals surface area contributed by atoms with E-state index in [1.807, 2.05) is 0 Å². The number of nitrogens with zero attached hydrogens (tertiary/aromatic N) is 3. The highest BCUT2D eigenvalue weighted by Crippen LogP contribution is 2.41. The zero-order valence-corrected chi connectivity index (χ0v) is 14.3. The van der Waals surface area contributed by atoms with Crippen molar-refractivity contribution in [2.45, 2.75) is 4.90 Å². The van der Waals surface area contributed by atoms with E-state index in [2.05, 4.69) is 10.2 Å². The lowest BCUT2D eigenvalue weighted by Crippen LogP contribution is -2.00. The molecular weight excluding hydrogens is 376 g/mol. The van der Waals surface area contributed by atoms with Crippen LogP contribution in [-0.2, 0) is 10.1 Å². The first kappa shape index (κ1) is 18.2. The van der Waals surface area contributed by atoms with Crippen molar-refractivity contribution in [3.05, 3.63) is 58.6 Å². The molecule has 0 aliphatic carbocycles. The second-order valence-electron chi connectivity index (χ2n) is 5.46. The Labute approximate surface area is 152 Å². The molecule has 27 heavy (non-hydrogen) atoms. The molecule has 0 aliphatic heterocycles. The molecule has 0 aromatic heterocycles. The van der Waals surface area contributed by atoms with Gasteiger partial charge in [-0.2, -0.15) is 13.5 Å². The maximum Gasteiger partial charge on any atom is 0.295 e. The van der Waals surface area contributed by atoms with E-state index in [1.165, 1.54) is 42.5 Å². The summed E-state index contributed by atoms with van der Waals surface area (Å²) in [4.78, 5) is 9.68. The fourth-order valence-electron chi connectivity index (χ4n) is 2.47. The summed E-state index contributed by atoms with van der Waals surface area (Å²) in [5.41, 5.74) is 6.10. The molecule has 0 fully saturated rings. The van der Waals surface area contributed by atoms with E-state index in [0.29, 0.717) is 5.69 Å². The molecule has 3 aromatic rings. The number of azo groups is 1. The third-order valence-electron chi connectivity index (χ3n) is 3.74. The first-order chi connectivity index (χ1) is 12.7. The summed E-state index contributed by atoms with van der Waals surface area (Å²) >= 11 is 0. The fraction of sp³-hybridized carbons (Fsp3) is 0. The Kier molecular flexibility index (Phi) is 4.47. The van der Waals surface area contributed by atoms with Crippen LogP contribution in [0.4, 0.5) is 22.7 Å². The summed E-state index contributed by atoms with van der Waals surface area (Å²) in [6.45, 7) is 0. The van der Waals surface area contributed by atoms with Crippen LogP contribution in [-0.4, -0.2) is 23.0 Å². The highest BCUT2D eigenvalue weighted by molar-refractivity contribution is 7.86. The van der Waals surface area contributed by atoms with Gasteiger partial charge in [0.15, 0.2) is 5.75 Å². The maximum atomic E-state index is 11.5. The minimum atomic E-state index is -4.52. The summed E-state index contributed by atoms with van der Waals surface area (Å²) < 4.78 is 32.3. The fourth-order valence-corrected chi connectivity index (χ4v) is 3.16. The van der Waals surface area contributed by atoms with Gasteiger partial charge in [-0.3, -0.25) is 14.7 Å². The number of nitro groups is 1.